The predicted molar refractivity (Wildman–Crippen MR) is 228 cm³/mol. The van der Waals surface area contributed by atoms with E-state index in [1.54, 1.807) is 19.9 Å². The Morgan fingerprint density at radius 3 is 2.39 bits per heavy atom. The zero-order chi connectivity index (χ0) is 45.2. The number of rotatable bonds is 7. The predicted octanol–water partition coefficient (Wildman–Crippen LogP) is 2.03. The molecule has 0 aliphatic carbocycles. The number of nitrogens with zero attached hydrogens (tertiary/aromatic N) is 3. The number of hydrogen-bond acceptors (Lipinski definition) is 16. The Labute approximate surface area is 355 Å². The van der Waals surface area contributed by atoms with Gasteiger partial charge in [-0.15, -0.1) is 0 Å². The molecule has 3 aliphatic rings. The van der Waals surface area contributed by atoms with Crippen molar-refractivity contribution in [2.24, 2.45) is 39.2 Å². The Morgan fingerprint density at radius 2 is 1.75 bits per heavy atom. The highest BCUT2D eigenvalue weighted by Crippen LogP contribution is 2.50. The lowest BCUT2D eigenvalue weighted by Gasteiger charge is -2.37. The summed E-state index contributed by atoms with van der Waals surface area (Å²) in [4.78, 5) is 52.1. The van der Waals surface area contributed by atoms with Gasteiger partial charge in [-0.05, 0) is 45.9 Å². The molecule has 61 heavy (non-hydrogen) atoms. The summed E-state index contributed by atoms with van der Waals surface area (Å²) in [5.41, 5.74) is 13.4. The van der Waals surface area contributed by atoms with Crippen molar-refractivity contribution in [1.82, 2.24) is 4.90 Å². The van der Waals surface area contributed by atoms with Gasteiger partial charge in [0, 0.05) is 61.9 Å². The van der Waals surface area contributed by atoms with Gasteiger partial charge in [-0.3, -0.25) is 19.4 Å². The molecule has 3 aliphatic heterocycles. The highest BCUT2D eigenvalue weighted by molar-refractivity contribution is 6.21. The van der Waals surface area contributed by atoms with Gasteiger partial charge in [0.2, 0.25) is 0 Å². The number of phenolic OH excluding ortho intramolecular Hbond substituents is 2. The van der Waals surface area contributed by atoms with Crippen LogP contribution in [0, 0.1) is 24.7 Å². The van der Waals surface area contributed by atoms with Crippen LogP contribution >= 0.6 is 0 Å². The summed E-state index contributed by atoms with van der Waals surface area (Å²) in [6.45, 7) is 15.1. The van der Waals surface area contributed by atoms with E-state index in [-0.39, 0.29) is 62.2 Å². The fraction of sp³-hybridized carbons (Fsp3) is 0.568. The number of benzene rings is 2. The minimum Gasteiger partial charge on any atom is -0.507 e. The van der Waals surface area contributed by atoms with Gasteiger partial charge in [-0.25, -0.2) is 4.99 Å². The average Bonchev–Trinajstić information content (AvgIpc) is 3.47. The first kappa shape index (κ1) is 47.1. The number of nitrogens with two attached hydrogens (primary N) is 2. The lowest BCUT2D eigenvalue weighted by Crippen LogP contribution is -2.60. The number of carbonyl (C=O) groups excluding carboxylic acids is 3. The van der Waals surface area contributed by atoms with Crippen LogP contribution in [0.25, 0.3) is 10.8 Å². The summed E-state index contributed by atoms with van der Waals surface area (Å²) in [5, 5.41) is 49.7. The molecule has 1 unspecified atom stereocenters. The topological polar surface area (TPSA) is 261 Å². The number of methoxy groups -OCH3 is 1. The van der Waals surface area contributed by atoms with Gasteiger partial charge in [0.15, 0.2) is 5.75 Å². The minimum absolute atomic E-state index is 0.0146. The molecule has 4 bridgehead atoms. The molecule has 5 rings (SSSR count). The van der Waals surface area contributed by atoms with Crippen molar-refractivity contribution in [1.29, 1.82) is 0 Å². The number of anilines is 1. The van der Waals surface area contributed by atoms with Crippen LogP contribution in [0.1, 0.15) is 70.8 Å². The summed E-state index contributed by atoms with van der Waals surface area (Å²) in [6, 6.07) is -2.83. The van der Waals surface area contributed by atoms with Crippen molar-refractivity contribution in [3.63, 3.8) is 0 Å². The Bertz CT molecular complexity index is 2240. The Kier molecular flexibility index (Phi) is 14.7. The molecule has 0 saturated heterocycles. The number of aliphatic hydroxyl groups excluding tert-OH is 2. The van der Waals surface area contributed by atoms with Crippen LogP contribution in [0.2, 0.25) is 0 Å². The van der Waals surface area contributed by atoms with Crippen LogP contribution in [-0.4, -0.2) is 125 Å². The first-order valence-corrected chi connectivity index (χ1v) is 20.6. The molecular weight excluding hydrogens is 789 g/mol. The number of amides is 1. The van der Waals surface area contributed by atoms with Crippen LogP contribution < -0.4 is 32.2 Å². The number of aromatic hydroxyl groups is 2. The third kappa shape index (κ3) is 9.61. The largest absolute Gasteiger partial charge is 0.507 e. The van der Waals surface area contributed by atoms with Gasteiger partial charge >= 0.3 is 11.8 Å². The van der Waals surface area contributed by atoms with Gasteiger partial charge < -0.3 is 61.1 Å². The number of ether oxygens (including phenoxy) is 4. The molecule has 0 aromatic heterocycles. The molecule has 17 heteroatoms. The SMILES string of the molecule is CO[C@H]1/C=C/O[C@@]2(C)Oc3c(C)c(O)c4c(O)c(c5c(c4c3C2=O)NC(CCN(C)CC(C)C)CN=5)=NC(=O)/C(C)=C\C=C\[C@H](C)[C@H](O)[C@@H](N)[C@@H](O)[C@@H](N)[C@H](OC(C)=O)[C@@H]1C. The number of esters is 1. The maximum Gasteiger partial charge on any atom is 0.312 e. The number of ketones is 1. The van der Waals surface area contributed by atoms with E-state index in [4.69, 9.17) is 35.4 Å². The third-order valence-electron chi connectivity index (χ3n) is 11.7. The van der Waals surface area contributed by atoms with Crippen LogP contribution in [0.3, 0.4) is 0 Å². The second-order valence-corrected chi connectivity index (χ2v) is 17.1. The molecule has 3 heterocycles. The number of aliphatic hydroxyl groups is 2. The number of nitrogens with one attached hydrogen (secondary N) is 1. The van der Waals surface area contributed by atoms with E-state index in [1.165, 1.54) is 59.3 Å². The molecule has 2 aromatic rings. The molecule has 0 saturated carbocycles. The molecule has 2 aromatic carbocycles. The number of fused-ring (bicyclic) bond motifs is 1. The molecule has 10 atom stereocenters. The van der Waals surface area contributed by atoms with Crippen LogP contribution in [0.5, 0.6) is 17.2 Å². The second-order valence-electron chi connectivity index (χ2n) is 17.1. The van der Waals surface area contributed by atoms with E-state index in [1.807, 2.05) is 7.05 Å². The zero-order valence-corrected chi connectivity index (χ0v) is 36.6. The molecule has 0 spiro atoms. The minimum atomic E-state index is -2.00. The molecular formula is C44H62N6O11. The highest BCUT2D eigenvalue weighted by atomic mass is 16.7. The Balaban J connectivity index is 1.73. The summed E-state index contributed by atoms with van der Waals surface area (Å²) in [5.74, 6) is -5.96. The summed E-state index contributed by atoms with van der Waals surface area (Å²) in [7, 11) is 3.44. The van der Waals surface area contributed by atoms with Gasteiger partial charge in [0.25, 0.3) is 11.7 Å². The average molecular weight is 851 g/mol. The standard InChI is InChI=1S/C44H62N6O11/c1-20(2)19-50(9)16-14-26-18-47-34-33(48-26)28-29-37(53)24(6)40-30(28)42(56)44(8,61-40)59-17-15-27(58-10)23(5)41(60-25(7)51)32(46)39(55)31(45)36(52)21(3)12-11-13-22(4)43(57)49-35(34)38(29)54/h11-13,15,17,20-21,23,26-27,31-32,36,39,41,48,52-55H,14,16,18-19,45-46H2,1-10H3/b12-11+,17-15+,22-13-,49-35?/t21-,23+,26?,27-,31+,32+,36-,39+,41+,44-/m0/s1. The Hall–Kier alpha value is -4.91. The third-order valence-corrected chi connectivity index (χ3v) is 11.7. The second kappa shape index (κ2) is 19.0. The fourth-order valence-corrected chi connectivity index (χ4v) is 8.17. The Morgan fingerprint density at radius 1 is 1.07 bits per heavy atom. The van der Waals surface area contributed by atoms with Crippen molar-refractivity contribution in [2.45, 2.75) is 110 Å². The van der Waals surface area contributed by atoms with E-state index in [0.717, 1.165) is 13.1 Å². The summed E-state index contributed by atoms with van der Waals surface area (Å²) >= 11 is 0. The lowest BCUT2D eigenvalue weighted by atomic mass is 9.84. The van der Waals surface area contributed by atoms with Gasteiger partial charge in [0.05, 0.1) is 59.8 Å². The number of carbonyl (C=O) groups is 3. The monoisotopic (exact) mass is 850 g/mol. The normalized spacial score (nSPS) is 31.7. The molecule has 0 radical (unpaired) electrons. The van der Waals surface area contributed by atoms with E-state index >= 15 is 0 Å². The zero-order valence-electron chi connectivity index (χ0n) is 36.6. The highest BCUT2D eigenvalue weighted by Gasteiger charge is 2.50. The first-order chi connectivity index (χ1) is 28.6. The quantitative estimate of drug-likeness (QED) is 0.155. The number of allylic oxidation sites excluding steroid dienone is 2. The van der Waals surface area contributed by atoms with Crippen LogP contribution in [0.15, 0.2) is 46.1 Å². The van der Waals surface area contributed by atoms with E-state index < -0.39 is 83.3 Å². The molecule has 17 nitrogen and oxygen atoms in total. The van der Waals surface area contributed by atoms with Crippen molar-refractivity contribution < 1.29 is 53.8 Å². The van der Waals surface area contributed by atoms with Crippen molar-refractivity contribution in [2.75, 3.05) is 39.1 Å². The smallest absolute Gasteiger partial charge is 0.312 e. The van der Waals surface area contributed by atoms with Gasteiger partial charge in [0.1, 0.15) is 28.3 Å². The van der Waals surface area contributed by atoms with Crippen LogP contribution in [0.4, 0.5) is 5.69 Å². The molecule has 334 valence electrons. The first-order valence-electron chi connectivity index (χ1n) is 20.6. The van der Waals surface area contributed by atoms with Gasteiger partial charge in [-0.2, -0.15) is 0 Å². The fourth-order valence-electron chi connectivity index (χ4n) is 8.17. The van der Waals surface area contributed by atoms with Crippen LogP contribution in [-0.2, 0) is 23.8 Å². The summed E-state index contributed by atoms with van der Waals surface area (Å²) in [6.07, 6.45) is 2.93. The molecule has 9 N–H and O–H groups in total. The van der Waals surface area contributed by atoms with E-state index in [2.05, 4.69) is 29.1 Å². The van der Waals surface area contributed by atoms with E-state index in [0.29, 0.717) is 12.3 Å². The van der Waals surface area contributed by atoms with Gasteiger partial charge in [-0.1, -0.05) is 45.9 Å². The maximum absolute atomic E-state index is 14.7. The number of phenols is 2. The van der Waals surface area contributed by atoms with E-state index in [9.17, 15) is 34.8 Å². The molecule has 1 amide bonds. The maximum atomic E-state index is 14.7. The number of hydrogen-bond donors (Lipinski definition) is 7. The number of Topliss-reactive ketones (excluding diaryl/α,β-unsaturated/α-hetero) is 1. The summed E-state index contributed by atoms with van der Waals surface area (Å²) < 4.78 is 23.6. The van der Waals surface area contributed by atoms with Crippen molar-refractivity contribution >= 4 is 34.1 Å². The lowest BCUT2D eigenvalue weighted by molar-refractivity contribution is -0.155. The van der Waals surface area contributed by atoms with Crippen molar-refractivity contribution in [3.8, 4) is 17.2 Å². The molecule has 0 fully saturated rings. The van der Waals surface area contributed by atoms with Crippen molar-refractivity contribution in [3.05, 3.63) is 58.0 Å².